The fourth-order valence-electron chi connectivity index (χ4n) is 1.29. The molecule has 3 N–H and O–H groups in total. The first-order valence-corrected chi connectivity index (χ1v) is 4.73. The summed E-state index contributed by atoms with van der Waals surface area (Å²) in [6.45, 7) is 4.15. The second kappa shape index (κ2) is 4.61. The molecule has 0 aromatic heterocycles. The van der Waals surface area contributed by atoms with Crippen LogP contribution in [0.1, 0.15) is 19.4 Å². The topological polar surface area (TPSA) is 49.9 Å². The van der Waals surface area contributed by atoms with Gasteiger partial charge in [-0.25, -0.2) is 0 Å². The van der Waals surface area contributed by atoms with Crippen molar-refractivity contribution in [3.05, 3.63) is 42.0 Å². The normalized spacial score (nSPS) is 11.8. The van der Waals surface area contributed by atoms with Gasteiger partial charge in [0.2, 0.25) is 0 Å². The Morgan fingerprint density at radius 2 is 1.86 bits per heavy atom. The Hall–Kier alpha value is -1.57. The summed E-state index contributed by atoms with van der Waals surface area (Å²) in [5, 5.41) is 7.49. The number of nitrogens with two attached hydrogens (primary N) is 1. The molecule has 0 radical (unpaired) electrons. The van der Waals surface area contributed by atoms with Crippen LogP contribution in [-0.4, -0.2) is 5.84 Å². The molecule has 2 nitrogen and oxygen atoms in total. The second-order valence-electron chi connectivity index (χ2n) is 3.60. The highest BCUT2D eigenvalue weighted by molar-refractivity contribution is 6.20. The van der Waals surface area contributed by atoms with E-state index in [4.69, 9.17) is 11.1 Å². The van der Waals surface area contributed by atoms with E-state index in [0.29, 0.717) is 5.92 Å². The maximum absolute atomic E-state index is 7.49. The van der Waals surface area contributed by atoms with Crippen molar-refractivity contribution >= 4 is 11.4 Å². The number of benzene rings is 1. The van der Waals surface area contributed by atoms with E-state index in [1.807, 2.05) is 36.4 Å². The van der Waals surface area contributed by atoms with Crippen LogP contribution in [0.4, 0.5) is 0 Å². The van der Waals surface area contributed by atoms with Crippen LogP contribution in [0.15, 0.2) is 36.4 Å². The van der Waals surface area contributed by atoms with Gasteiger partial charge >= 0.3 is 0 Å². The van der Waals surface area contributed by atoms with Crippen molar-refractivity contribution in [1.82, 2.24) is 0 Å². The molecule has 0 aliphatic rings. The van der Waals surface area contributed by atoms with Crippen LogP contribution in [-0.2, 0) is 0 Å². The molecule has 0 aliphatic carbocycles. The Kier molecular flexibility index (Phi) is 3.46. The molecule has 0 unspecified atom stereocenters. The Morgan fingerprint density at radius 3 is 2.29 bits per heavy atom. The molecule has 0 saturated heterocycles. The maximum atomic E-state index is 7.49. The Morgan fingerprint density at radius 1 is 1.29 bits per heavy atom. The van der Waals surface area contributed by atoms with Gasteiger partial charge in [0.25, 0.3) is 0 Å². The standard InChI is InChI=1S/C12H16N2/c1-9(2)8-11(12(13)14)10-6-4-3-5-7-10/h3-9H,1-2H3,(H3,13,14). The number of rotatable bonds is 3. The average Bonchev–Trinajstić information content (AvgIpc) is 2.15. The predicted octanol–water partition coefficient (Wildman–Crippen LogP) is 2.66. The van der Waals surface area contributed by atoms with Gasteiger partial charge in [0.1, 0.15) is 5.84 Å². The Bertz CT molecular complexity index is 337. The molecule has 1 rings (SSSR count). The van der Waals surface area contributed by atoms with Crippen LogP contribution in [0.25, 0.3) is 5.57 Å². The van der Waals surface area contributed by atoms with Crippen LogP contribution in [0.5, 0.6) is 0 Å². The number of hydrogen-bond donors (Lipinski definition) is 2. The maximum Gasteiger partial charge on any atom is 0.123 e. The molecular formula is C12H16N2. The van der Waals surface area contributed by atoms with Crippen LogP contribution in [0.3, 0.4) is 0 Å². The van der Waals surface area contributed by atoms with E-state index in [-0.39, 0.29) is 5.84 Å². The minimum atomic E-state index is 0.130. The van der Waals surface area contributed by atoms with Gasteiger partial charge < -0.3 is 5.73 Å². The van der Waals surface area contributed by atoms with Gasteiger partial charge in [-0.15, -0.1) is 0 Å². The quantitative estimate of drug-likeness (QED) is 0.556. The summed E-state index contributed by atoms with van der Waals surface area (Å²) in [4.78, 5) is 0. The molecule has 0 atom stereocenters. The lowest BCUT2D eigenvalue weighted by molar-refractivity contribution is 0.834. The van der Waals surface area contributed by atoms with Crippen LogP contribution in [0.2, 0.25) is 0 Å². The van der Waals surface area contributed by atoms with Crippen LogP contribution in [0, 0.1) is 11.3 Å². The molecule has 1 aromatic rings. The fourth-order valence-corrected chi connectivity index (χ4v) is 1.29. The summed E-state index contributed by atoms with van der Waals surface area (Å²) >= 11 is 0. The van der Waals surface area contributed by atoms with Crippen molar-refractivity contribution in [1.29, 1.82) is 5.41 Å². The first-order valence-electron chi connectivity index (χ1n) is 4.73. The third-order valence-corrected chi connectivity index (χ3v) is 1.87. The van der Waals surface area contributed by atoms with Crippen molar-refractivity contribution in [3.63, 3.8) is 0 Å². The van der Waals surface area contributed by atoms with Gasteiger partial charge in [-0.05, 0) is 11.5 Å². The largest absolute Gasteiger partial charge is 0.384 e. The third kappa shape index (κ3) is 2.73. The smallest absolute Gasteiger partial charge is 0.123 e. The molecule has 14 heavy (non-hydrogen) atoms. The minimum Gasteiger partial charge on any atom is -0.384 e. The number of nitrogens with one attached hydrogen (secondary N) is 1. The zero-order valence-electron chi connectivity index (χ0n) is 8.62. The van der Waals surface area contributed by atoms with Crippen LogP contribution >= 0.6 is 0 Å². The van der Waals surface area contributed by atoms with Crippen molar-refractivity contribution in [2.75, 3.05) is 0 Å². The molecule has 0 heterocycles. The van der Waals surface area contributed by atoms with Gasteiger partial charge in [0, 0.05) is 5.57 Å². The highest BCUT2D eigenvalue weighted by Gasteiger charge is 2.04. The first-order chi connectivity index (χ1) is 6.61. The van der Waals surface area contributed by atoms with Crippen molar-refractivity contribution in [2.24, 2.45) is 11.7 Å². The molecule has 0 amide bonds. The lowest BCUT2D eigenvalue weighted by atomic mass is 10.0. The molecular weight excluding hydrogens is 172 g/mol. The molecule has 1 aromatic carbocycles. The van der Waals surface area contributed by atoms with E-state index in [1.165, 1.54) is 0 Å². The molecule has 0 aliphatic heterocycles. The van der Waals surface area contributed by atoms with Crippen molar-refractivity contribution < 1.29 is 0 Å². The highest BCUT2D eigenvalue weighted by Crippen LogP contribution is 2.15. The summed E-state index contributed by atoms with van der Waals surface area (Å²) in [5.41, 5.74) is 7.36. The summed E-state index contributed by atoms with van der Waals surface area (Å²) in [6, 6.07) is 9.79. The van der Waals surface area contributed by atoms with E-state index in [2.05, 4.69) is 13.8 Å². The summed E-state index contributed by atoms with van der Waals surface area (Å²) < 4.78 is 0. The summed E-state index contributed by atoms with van der Waals surface area (Å²) in [5.74, 6) is 0.527. The van der Waals surface area contributed by atoms with E-state index in [9.17, 15) is 0 Å². The zero-order valence-corrected chi connectivity index (χ0v) is 8.62. The molecule has 0 bridgehead atoms. The lowest BCUT2D eigenvalue weighted by Crippen LogP contribution is -2.12. The van der Waals surface area contributed by atoms with E-state index in [0.717, 1.165) is 11.1 Å². The molecule has 0 spiro atoms. The number of hydrogen-bond acceptors (Lipinski definition) is 1. The molecule has 0 fully saturated rings. The van der Waals surface area contributed by atoms with Crippen molar-refractivity contribution in [2.45, 2.75) is 13.8 Å². The molecule has 2 heteroatoms. The van der Waals surface area contributed by atoms with Gasteiger partial charge in [0.05, 0.1) is 0 Å². The van der Waals surface area contributed by atoms with Gasteiger partial charge in [-0.2, -0.15) is 0 Å². The predicted molar refractivity (Wildman–Crippen MR) is 61.2 cm³/mol. The molecule has 0 saturated carbocycles. The zero-order chi connectivity index (χ0) is 10.6. The summed E-state index contributed by atoms with van der Waals surface area (Å²) in [6.07, 6.45) is 2.01. The summed E-state index contributed by atoms with van der Waals surface area (Å²) in [7, 11) is 0. The third-order valence-electron chi connectivity index (χ3n) is 1.87. The second-order valence-corrected chi connectivity index (χ2v) is 3.60. The minimum absolute atomic E-state index is 0.130. The number of allylic oxidation sites excluding steroid dienone is 1. The lowest BCUT2D eigenvalue weighted by Gasteiger charge is -2.07. The Balaban J connectivity index is 3.08. The van der Waals surface area contributed by atoms with Crippen LogP contribution < -0.4 is 5.73 Å². The van der Waals surface area contributed by atoms with Crippen molar-refractivity contribution in [3.8, 4) is 0 Å². The SMILES string of the molecule is CC(C)C=C(C(=N)N)c1ccccc1. The monoisotopic (exact) mass is 188 g/mol. The first kappa shape index (κ1) is 10.5. The average molecular weight is 188 g/mol. The highest BCUT2D eigenvalue weighted by atomic mass is 14.7. The fraction of sp³-hybridized carbons (Fsp3) is 0.250. The van der Waals surface area contributed by atoms with Gasteiger partial charge in [0.15, 0.2) is 0 Å². The number of amidine groups is 1. The van der Waals surface area contributed by atoms with E-state index >= 15 is 0 Å². The molecule has 74 valence electrons. The Labute approximate surface area is 85.0 Å². The van der Waals surface area contributed by atoms with E-state index in [1.54, 1.807) is 0 Å². The van der Waals surface area contributed by atoms with Gasteiger partial charge in [-0.3, -0.25) is 5.41 Å². The van der Waals surface area contributed by atoms with Gasteiger partial charge in [-0.1, -0.05) is 50.3 Å². The van der Waals surface area contributed by atoms with E-state index < -0.39 is 0 Å².